The van der Waals surface area contributed by atoms with Crippen molar-refractivity contribution in [1.29, 1.82) is 0 Å². The quantitative estimate of drug-likeness (QED) is 0.843. The van der Waals surface area contributed by atoms with Crippen LogP contribution >= 0.6 is 23.2 Å². The minimum Gasteiger partial charge on any atom is -0.323 e. The normalized spacial score (nSPS) is 19.9. The number of nitrogens with zero attached hydrogens (tertiary/aromatic N) is 2. The average molecular weight is 356 g/mol. The van der Waals surface area contributed by atoms with Gasteiger partial charge in [0.25, 0.3) is 5.91 Å². The second-order valence-corrected chi connectivity index (χ2v) is 7.17. The number of imide groups is 1. The Hall–Kier alpha value is -1.30. The van der Waals surface area contributed by atoms with E-state index in [0.29, 0.717) is 16.6 Å². The van der Waals surface area contributed by atoms with Crippen LogP contribution in [0.25, 0.3) is 0 Å². The van der Waals surface area contributed by atoms with E-state index in [-0.39, 0.29) is 18.6 Å². The molecule has 2 fully saturated rings. The first-order valence-electron chi connectivity index (χ1n) is 7.68. The van der Waals surface area contributed by atoms with E-state index in [2.05, 4.69) is 5.32 Å². The molecule has 0 radical (unpaired) electrons. The molecule has 0 atom stereocenters. The molecule has 0 bridgehead atoms. The minimum absolute atomic E-state index is 0.0963. The molecule has 124 valence electrons. The van der Waals surface area contributed by atoms with Gasteiger partial charge in [0.1, 0.15) is 5.54 Å². The Labute approximate surface area is 145 Å². The molecular weight excluding hydrogens is 337 g/mol. The Balaban J connectivity index is 1.65. The summed E-state index contributed by atoms with van der Waals surface area (Å²) in [6, 6.07) is 5.13. The lowest BCUT2D eigenvalue weighted by Crippen LogP contribution is -2.45. The van der Waals surface area contributed by atoms with E-state index in [1.165, 1.54) is 4.90 Å². The van der Waals surface area contributed by atoms with E-state index in [1.807, 2.05) is 18.0 Å². The zero-order valence-electron chi connectivity index (χ0n) is 12.9. The van der Waals surface area contributed by atoms with Crippen LogP contribution in [0.5, 0.6) is 0 Å². The maximum atomic E-state index is 12.6. The Morgan fingerprint density at radius 3 is 2.57 bits per heavy atom. The van der Waals surface area contributed by atoms with E-state index in [4.69, 9.17) is 23.2 Å². The number of amides is 3. The minimum atomic E-state index is -0.651. The van der Waals surface area contributed by atoms with Gasteiger partial charge in [-0.15, -0.1) is 0 Å². The maximum Gasteiger partial charge on any atom is 0.326 e. The molecule has 1 aromatic rings. The van der Waals surface area contributed by atoms with Crippen LogP contribution < -0.4 is 5.32 Å². The number of nitrogens with one attached hydrogen (secondary N) is 1. The van der Waals surface area contributed by atoms with Gasteiger partial charge in [-0.3, -0.25) is 9.69 Å². The molecule has 0 aromatic heterocycles. The fraction of sp³-hybridized carbons (Fsp3) is 0.500. The lowest BCUT2D eigenvalue weighted by atomic mass is 9.98. The fourth-order valence-electron chi connectivity index (χ4n) is 3.36. The Bertz CT molecular complexity index is 644. The Kier molecular flexibility index (Phi) is 4.54. The molecule has 1 heterocycles. The van der Waals surface area contributed by atoms with E-state index >= 15 is 0 Å². The molecule has 7 heteroatoms. The first kappa shape index (κ1) is 16.6. The number of rotatable bonds is 4. The van der Waals surface area contributed by atoms with Crippen molar-refractivity contribution in [2.75, 3.05) is 13.7 Å². The average Bonchev–Trinajstić information content (AvgIpc) is 3.05. The van der Waals surface area contributed by atoms with Crippen LogP contribution in [0.15, 0.2) is 18.2 Å². The topological polar surface area (TPSA) is 52.6 Å². The first-order valence-corrected chi connectivity index (χ1v) is 8.43. The van der Waals surface area contributed by atoms with Crippen LogP contribution in [-0.4, -0.2) is 41.0 Å². The van der Waals surface area contributed by atoms with Crippen LogP contribution in [0, 0.1) is 0 Å². The van der Waals surface area contributed by atoms with Crippen LogP contribution in [0.3, 0.4) is 0 Å². The van der Waals surface area contributed by atoms with Gasteiger partial charge in [-0.1, -0.05) is 42.1 Å². The summed E-state index contributed by atoms with van der Waals surface area (Å²) in [5.74, 6) is -0.0963. The molecule has 1 saturated carbocycles. The third-order valence-corrected chi connectivity index (χ3v) is 5.26. The predicted octanol–water partition coefficient (Wildman–Crippen LogP) is 3.25. The SMILES string of the molecule is CN(Cc1ccc(Cl)c(Cl)c1)CN1C(=O)NC2(CCCC2)C1=O. The standard InChI is InChI=1S/C16H19Cl2N3O2/c1-20(9-11-4-5-12(17)13(18)8-11)10-21-14(22)16(19-15(21)23)6-2-3-7-16/h4-5,8H,2-3,6-7,9-10H2,1H3,(H,19,23). The van der Waals surface area contributed by atoms with Gasteiger partial charge >= 0.3 is 6.03 Å². The highest BCUT2D eigenvalue weighted by Crippen LogP contribution is 2.35. The summed E-state index contributed by atoms with van der Waals surface area (Å²) in [5.41, 5.74) is 0.325. The number of carbonyl (C=O) groups is 2. The van der Waals surface area contributed by atoms with Crippen molar-refractivity contribution in [1.82, 2.24) is 15.1 Å². The van der Waals surface area contributed by atoms with Crippen molar-refractivity contribution in [2.24, 2.45) is 0 Å². The highest BCUT2D eigenvalue weighted by atomic mass is 35.5. The molecular formula is C16H19Cl2N3O2. The van der Waals surface area contributed by atoms with Gasteiger partial charge in [0, 0.05) is 6.54 Å². The van der Waals surface area contributed by atoms with Crippen LogP contribution in [0.2, 0.25) is 10.0 Å². The van der Waals surface area contributed by atoms with Crippen molar-refractivity contribution >= 4 is 35.1 Å². The molecule has 1 N–H and O–H groups in total. The third kappa shape index (κ3) is 3.18. The highest BCUT2D eigenvalue weighted by Gasteiger charge is 2.52. The van der Waals surface area contributed by atoms with Crippen molar-refractivity contribution in [3.05, 3.63) is 33.8 Å². The van der Waals surface area contributed by atoms with Gasteiger partial charge in [0.2, 0.25) is 0 Å². The maximum absolute atomic E-state index is 12.6. The zero-order valence-corrected chi connectivity index (χ0v) is 14.5. The molecule has 5 nitrogen and oxygen atoms in total. The summed E-state index contributed by atoms with van der Waals surface area (Å²) in [4.78, 5) is 28.0. The van der Waals surface area contributed by atoms with Crippen LogP contribution in [-0.2, 0) is 11.3 Å². The number of halogens is 2. The molecule has 1 aliphatic heterocycles. The third-order valence-electron chi connectivity index (χ3n) is 4.52. The number of urea groups is 1. The van der Waals surface area contributed by atoms with E-state index in [1.54, 1.807) is 12.1 Å². The molecule has 1 aliphatic carbocycles. The monoisotopic (exact) mass is 355 g/mol. The largest absolute Gasteiger partial charge is 0.326 e. The summed E-state index contributed by atoms with van der Waals surface area (Å²) in [6.45, 7) is 0.827. The number of carbonyl (C=O) groups excluding carboxylic acids is 2. The molecule has 1 aromatic carbocycles. The number of hydrogen-bond acceptors (Lipinski definition) is 3. The molecule has 2 aliphatic rings. The van der Waals surface area contributed by atoms with E-state index in [9.17, 15) is 9.59 Å². The molecule has 1 saturated heterocycles. The summed E-state index contributed by atoms with van der Waals surface area (Å²) in [6.07, 6.45) is 3.45. The summed E-state index contributed by atoms with van der Waals surface area (Å²) >= 11 is 11.9. The van der Waals surface area contributed by atoms with Crippen molar-refractivity contribution in [3.63, 3.8) is 0 Å². The number of benzene rings is 1. The van der Waals surface area contributed by atoms with E-state index in [0.717, 1.165) is 31.2 Å². The molecule has 3 rings (SSSR count). The second-order valence-electron chi connectivity index (χ2n) is 6.36. The van der Waals surface area contributed by atoms with Crippen molar-refractivity contribution in [3.8, 4) is 0 Å². The molecule has 1 spiro atoms. The van der Waals surface area contributed by atoms with E-state index < -0.39 is 5.54 Å². The molecule has 23 heavy (non-hydrogen) atoms. The second kappa shape index (κ2) is 6.30. The van der Waals surface area contributed by atoms with Crippen LogP contribution in [0.4, 0.5) is 4.79 Å². The summed E-state index contributed by atoms with van der Waals surface area (Å²) in [5, 5.41) is 3.89. The smallest absolute Gasteiger partial charge is 0.323 e. The Morgan fingerprint density at radius 2 is 1.91 bits per heavy atom. The van der Waals surface area contributed by atoms with Crippen molar-refractivity contribution < 1.29 is 9.59 Å². The Morgan fingerprint density at radius 1 is 1.22 bits per heavy atom. The van der Waals surface area contributed by atoms with Gasteiger partial charge in [-0.25, -0.2) is 9.69 Å². The molecule has 3 amide bonds. The fourth-order valence-corrected chi connectivity index (χ4v) is 3.68. The van der Waals surface area contributed by atoms with Gasteiger partial charge in [0.15, 0.2) is 0 Å². The summed E-state index contributed by atoms with van der Waals surface area (Å²) < 4.78 is 0. The van der Waals surface area contributed by atoms with Gasteiger partial charge in [0.05, 0.1) is 16.7 Å². The lowest BCUT2D eigenvalue weighted by Gasteiger charge is -2.24. The van der Waals surface area contributed by atoms with Crippen LogP contribution in [0.1, 0.15) is 31.2 Å². The van der Waals surface area contributed by atoms with Gasteiger partial charge in [-0.05, 0) is 37.6 Å². The zero-order chi connectivity index (χ0) is 16.6. The lowest BCUT2D eigenvalue weighted by molar-refractivity contribution is -0.132. The van der Waals surface area contributed by atoms with Gasteiger partial charge in [-0.2, -0.15) is 0 Å². The highest BCUT2D eigenvalue weighted by molar-refractivity contribution is 6.42. The first-order chi connectivity index (χ1) is 10.9. The molecule has 0 unspecified atom stereocenters. The van der Waals surface area contributed by atoms with Gasteiger partial charge < -0.3 is 5.32 Å². The summed E-state index contributed by atoms with van der Waals surface area (Å²) in [7, 11) is 1.86. The number of hydrogen-bond donors (Lipinski definition) is 1. The predicted molar refractivity (Wildman–Crippen MR) is 89.4 cm³/mol. The van der Waals surface area contributed by atoms with Crippen molar-refractivity contribution in [2.45, 2.75) is 37.8 Å².